The van der Waals surface area contributed by atoms with Crippen molar-refractivity contribution in [2.45, 2.75) is 26.4 Å². The molecule has 0 saturated carbocycles. The number of aromatic hydroxyl groups is 1. The van der Waals surface area contributed by atoms with Crippen LogP contribution in [0.4, 0.5) is 0 Å². The van der Waals surface area contributed by atoms with E-state index in [1.165, 1.54) is 11.1 Å². The molecule has 0 radical (unpaired) electrons. The Bertz CT molecular complexity index is 595. The van der Waals surface area contributed by atoms with Crippen molar-refractivity contribution in [2.75, 3.05) is 6.54 Å². The van der Waals surface area contributed by atoms with E-state index in [2.05, 4.69) is 34.1 Å². The van der Waals surface area contributed by atoms with E-state index in [4.69, 9.17) is 0 Å². The summed E-state index contributed by atoms with van der Waals surface area (Å²) in [4.78, 5) is 6.77. The Balaban J connectivity index is 1.77. The predicted molar refractivity (Wildman–Crippen MR) is 74.9 cm³/mol. The summed E-state index contributed by atoms with van der Waals surface area (Å²) in [5.41, 5.74) is 4.56. The maximum absolute atomic E-state index is 9.87. The van der Waals surface area contributed by atoms with E-state index in [-0.39, 0.29) is 0 Å². The molecule has 1 aliphatic heterocycles. The van der Waals surface area contributed by atoms with Gasteiger partial charge in [0.1, 0.15) is 5.75 Å². The lowest BCUT2D eigenvalue weighted by atomic mass is 10.00. The summed E-state index contributed by atoms with van der Waals surface area (Å²) in [6.45, 7) is 4.62. The highest BCUT2D eigenvalue weighted by molar-refractivity contribution is 5.30. The molecule has 1 aromatic carbocycles. The molecular formula is C16H18N2O. The Morgan fingerprint density at radius 3 is 2.79 bits per heavy atom. The maximum atomic E-state index is 9.87. The van der Waals surface area contributed by atoms with Crippen LogP contribution in [-0.2, 0) is 19.5 Å². The van der Waals surface area contributed by atoms with E-state index < -0.39 is 0 Å². The molecule has 0 saturated heterocycles. The van der Waals surface area contributed by atoms with Gasteiger partial charge in [-0.05, 0) is 36.6 Å². The number of nitrogens with zero attached hydrogens (tertiary/aromatic N) is 2. The molecule has 0 bridgehead atoms. The lowest BCUT2D eigenvalue weighted by molar-refractivity contribution is 0.239. The number of fused-ring (bicyclic) bond motifs is 1. The van der Waals surface area contributed by atoms with Gasteiger partial charge >= 0.3 is 0 Å². The van der Waals surface area contributed by atoms with Crippen LogP contribution in [0.3, 0.4) is 0 Å². The molecule has 98 valence electrons. The summed E-state index contributed by atoms with van der Waals surface area (Å²) < 4.78 is 0. The SMILES string of the molecule is Cc1ccc(O)c(CN2CCc3ccccc3C2)n1. The first kappa shape index (κ1) is 12.2. The molecule has 2 heterocycles. The third kappa shape index (κ3) is 2.61. The zero-order valence-electron chi connectivity index (χ0n) is 11.1. The van der Waals surface area contributed by atoms with Gasteiger partial charge in [-0.1, -0.05) is 24.3 Å². The Kier molecular flexibility index (Phi) is 3.22. The van der Waals surface area contributed by atoms with E-state index in [9.17, 15) is 5.11 Å². The lowest BCUT2D eigenvalue weighted by Crippen LogP contribution is -2.30. The number of aromatic nitrogens is 1. The average Bonchev–Trinajstić information content (AvgIpc) is 2.43. The van der Waals surface area contributed by atoms with Gasteiger partial charge < -0.3 is 5.11 Å². The number of rotatable bonds is 2. The van der Waals surface area contributed by atoms with Gasteiger partial charge in [0.2, 0.25) is 0 Å². The van der Waals surface area contributed by atoms with Crippen molar-refractivity contribution in [1.82, 2.24) is 9.88 Å². The van der Waals surface area contributed by atoms with Crippen LogP contribution in [0.5, 0.6) is 5.75 Å². The molecule has 1 N–H and O–H groups in total. The average molecular weight is 254 g/mol. The Hall–Kier alpha value is -1.87. The van der Waals surface area contributed by atoms with Crippen molar-refractivity contribution in [2.24, 2.45) is 0 Å². The fourth-order valence-electron chi connectivity index (χ4n) is 2.62. The molecule has 0 unspecified atom stereocenters. The van der Waals surface area contributed by atoms with E-state index in [0.29, 0.717) is 12.3 Å². The largest absolute Gasteiger partial charge is 0.506 e. The lowest BCUT2D eigenvalue weighted by Gasteiger charge is -2.28. The fraction of sp³-hybridized carbons (Fsp3) is 0.312. The zero-order chi connectivity index (χ0) is 13.2. The highest BCUT2D eigenvalue weighted by Crippen LogP contribution is 2.22. The van der Waals surface area contributed by atoms with Crippen molar-refractivity contribution in [3.05, 3.63) is 58.9 Å². The number of benzene rings is 1. The summed E-state index contributed by atoms with van der Waals surface area (Å²) in [7, 11) is 0. The maximum Gasteiger partial charge on any atom is 0.138 e. The standard InChI is InChI=1S/C16H18N2O/c1-12-6-7-16(19)15(17-12)11-18-9-8-13-4-2-3-5-14(13)10-18/h2-7,19H,8-11H2,1H3. The highest BCUT2D eigenvalue weighted by Gasteiger charge is 2.17. The van der Waals surface area contributed by atoms with Crippen LogP contribution in [0.15, 0.2) is 36.4 Å². The predicted octanol–water partition coefficient (Wildman–Crippen LogP) is 2.65. The van der Waals surface area contributed by atoms with Crippen LogP contribution in [0.25, 0.3) is 0 Å². The van der Waals surface area contributed by atoms with Crippen molar-refractivity contribution in [1.29, 1.82) is 0 Å². The van der Waals surface area contributed by atoms with Crippen LogP contribution in [-0.4, -0.2) is 21.5 Å². The van der Waals surface area contributed by atoms with Crippen molar-refractivity contribution < 1.29 is 5.11 Å². The second-order valence-electron chi connectivity index (χ2n) is 5.15. The third-order valence-electron chi connectivity index (χ3n) is 3.67. The highest BCUT2D eigenvalue weighted by atomic mass is 16.3. The minimum Gasteiger partial charge on any atom is -0.506 e. The second-order valence-corrected chi connectivity index (χ2v) is 5.15. The first-order chi connectivity index (χ1) is 9.22. The third-order valence-corrected chi connectivity index (χ3v) is 3.67. The second kappa shape index (κ2) is 5.02. The van der Waals surface area contributed by atoms with Gasteiger partial charge in [-0.25, -0.2) is 0 Å². The topological polar surface area (TPSA) is 36.4 Å². The number of pyridine rings is 1. The van der Waals surface area contributed by atoms with Gasteiger partial charge in [-0.15, -0.1) is 0 Å². The van der Waals surface area contributed by atoms with E-state index >= 15 is 0 Å². The first-order valence-corrected chi connectivity index (χ1v) is 6.67. The molecule has 2 aromatic rings. The van der Waals surface area contributed by atoms with Gasteiger partial charge in [-0.2, -0.15) is 0 Å². The molecule has 3 heteroatoms. The van der Waals surface area contributed by atoms with Crippen molar-refractivity contribution in [3.8, 4) is 5.75 Å². The molecule has 1 aromatic heterocycles. The van der Waals surface area contributed by atoms with Gasteiger partial charge in [0, 0.05) is 25.3 Å². The molecule has 1 aliphatic rings. The minimum atomic E-state index is 0.296. The quantitative estimate of drug-likeness (QED) is 0.895. The molecular weight excluding hydrogens is 236 g/mol. The molecule has 0 amide bonds. The van der Waals surface area contributed by atoms with Crippen LogP contribution >= 0.6 is 0 Å². The van der Waals surface area contributed by atoms with Crippen LogP contribution in [0, 0.1) is 6.92 Å². The molecule has 0 aliphatic carbocycles. The van der Waals surface area contributed by atoms with Crippen LogP contribution in [0.1, 0.15) is 22.5 Å². The smallest absolute Gasteiger partial charge is 0.138 e. The monoisotopic (exact) mass is 254 g/mol. The minimum absolute atomic E-state index is 0.296. The van der Waals surface area contributed by atoms with Crippen molar-refractivity contribution in [3.63, 3.8) is 0 Å². The van der Waals surface area contributed by atoms with Gasteiger partial charge in [0.25, 0.3) is 0 Å². The Morgan fingerprint density at radius 1 is 1.16 bits per heavy atom. The summed E-state index contributed by atoms with van der Waals surface area (Å²) in [5.74, 6) is 0.296. The van der Waals surface area contributed by atoms with Gasteiger partial charge in [-0.3, -0.25) is 9.88 Å². The van der Waals surface area contributed by atoms with Crippen LogP contribution in [0.2, 0.25) is 0 Å². The van der Waals surface area contributed by atoms with E-state index in [1.807, 2.05) is 13.0 Å². The molecule has 0 atom stereocenters. The molecule has 3 nitrogen and oxygen atoms in total. The normalized spacial score (nSPS) is 15.2. The summed E-state index contributed by atoms with van der Waals surface area (Å²) in [5, 5.41) is 9.87. The number of hydrogen-bond acceptors (Lipinski definition) is 3. The summed E-state index contributed by atoms with van der Waals surface area (Å²) in [6.07, 6.45) is 1.07. The molecule has 0 fully saturated rings. The summed E-state index contributed by atoms with van der Waals surface area (Å²) in [6, 6.07) is 12.1. The van der Waals surface area contributed by atoms with Gasteiger partial charge in [0.05, 0.1) is 5.69 Å². The summed E-state index contributed by atoms with van der Waals surface area (Å²) >= 11 is 0. The van der Waals surface area contributed by atoms with Gasteiger partial charge in [0.15, 0.2) is 0 Å². The number of hydrogen-bond donors (Lipinski definition) is 1. The van der Waals surface area contributed by atoms with E-state index in [1.54, 1.807) is 6.07 Å². The Morgan fingerprint density at radius 2 is 1.95 bits per heavy atom. The van der Waals surface area contributed by atoms with E-state index in [0.717, 1.165) is 30.9 Å². The van der Waals surface area contributed by atoms with Crippen molar-refractivity contribution >= 4 is 0 Å². The molecule has 0 spiro atoms. The van der Waals surface area contributed by atoms with Crippen LogP contribution < -0.4 is 0 Å². The first-order valence-electron chi connectivity index (χ1n) is 6.67. The fourth-order valence-corrected chi connectivity index (χ4v) is 2.62. The molecule has 3 rings (SSSR count). The number of aryl methyl sites for hydroxylation is 1. The molecule has 19 heavy (non-hydrogen) atoms. The zero-order valence-corrected chi connectivity index (χ0v) is 11.1. The Labute approximate surface area is 113 Å².